The van der Waals surface area contributed by atoms with Gasteiger partial charge in [0.05, 0.1) is 13.2 Å². The average molecular weight is 535 g/mol. The number of alkyl halides is 3. The van der Waals surface area contributed by atoms with Gasteiger partial charge in [0.15, 0.2) is 0 Å². The third kappa shape index (κ3) is 10.6. The fraction of sp³-hybridized carbons (Fsp3) is 0.542. The molecule has 2 N–H and O–H groups in total. The van der Waals surface area contributed by atoms with Crippen LogP contribution in [-0.2, 0) is 20.7 Å². The van der Waals surface area contributed by atoms with E-state index in [9.17, 15) is 27.6 Å². The molecule has 0 unspecified atom stereocenters. The minimum Gasteiger partial charge on any atom is -0.467 e. The normalized spacial score (nSPS) is 13.5. The van der Waals surface area contributed by atoms with Gasteiger partial charge in [-0.2, -0.15) is 36.7 Å². The van der Waals surface area contributed by atoms with E-state index in [2.05, 4.69) is 5.32 Å². The summed E-state index contributed by atoms with van der Waals surface area (Å²) in [5, 5.41) is 4.74. The van der Waals surface area contributed by atoms with Gasteiger partial charge in [-0.1, -0.05) is 38.1 Å². The lowest BCUT2D eigenvalue weighted by atomic mass is 9.93. The highest BCUT2D eigenvalue weighted by molar-refractivity contribution is 7.98. The van der Waals surface area contributed by atoms with Crippen molar-refractivity contribution in [3.63, 3.8) is 0 Å². The topological polar surface area (TPSA) is 84.5 Å². The van der Waals surface area contributed by atoms with Crippen LogP contribution in [0, 0.1) is 0 Å². The summed E-state index contributed by atoms with van der Waals surface area (Å²) in [6.07, 6.45) is 2.65. The Morgan fingerprint density at radius 1 is 1.11 bits per heavy atom. The van der Waals surface area contributed by atoms with Gasteiger partial charge in [-0.05, 0) is 54.2 Å². The Bertz CT molecular complexity index is 892. The summed E-state index contributed by atoms with van der Waals surface area (Å²) >= 11 is 2.86. The number of allylic oxidation sites excluding steroid dienone is 1. The Morgan fingerprint density at radius 3 is 2.34 bits per heavy atom. The Hall–Kier alpha value is -2.14. The van der Waals surface area contributed by atoms with Crippen LogP contribution in [0.2, 0.25) is 0 Å². The number of carbonyl (C=O) groups excluding carboxylic acids is 3. The molecule has 0 aliphatic heterocycles. The van der Waals surface area contributed by atoms with Gasteiger partial charge in [0, 0.05) is 11.3 Å². The molecule has 1 rings (SSSR count). The molecule has 0 bridgehead atoms. The van der Waals surface area contributed by atoms with E-state index in [0.29, 0.717) is 24.2 Å². The van der Waals surface area contributed by atoms with Crippen LogP contribution < -0.4 is 10.6 Å². The van der Waals surface area contributed by atoms with Crippen molar-refractivity contribution in [2.24, 2.45) is 0 Å². The van der Waals surface area contributed by atoms with E-state index in [1.54, 1.807) is 30.2 Å². The zero-order valence-electron chi connectivity index (χ0n) is 20.5. The number of esters is 1. The summed E-state index contributed by atoms with van der Waals surface area (Å²) in [6, 6.07) is 3.85. The summed E-state index contributed by atoms with van der Waals surface area (Å²) in [7, 11) is 1.27. The van der Waals surface area contributed by atoms with E-state index in [1.807, 2.05) is 37.6 Å². The third-order valence-electron chi connectivity index (χ3n) is 5.03. The van der Waals surface area contributed by atoms with Crippen LogP contribution in [0.3, 0.4) is 0 Å². The number of methoxy groups -OCH3 is 1. The van der Waals surface area contributed by atoms with Crippen molar-refractivity contribution in [3.8, 4) is 0 Å². The number of rotatable bonds is 13. The smallest absolute Gasteiger partial charge is 0.467 e. The Morgan fingerprint density at radius 2 is 1.80 bits per heavy atom. The molecule has 0 aromatic heterocycles. The van der Waals surface area contributed by atoms with Gasteiger partial charge in [0.25, 0.3) is 5.91 Å². The number of ether oxygens (including phenoxy) is 1. The summed E-state index contributed by atoms with van der Waals surface area (Å²) in [6.45, 7) is 3.90. The number of hydrogen-bond donors (Lipinski definition) is 2. The SMILES string of the molecule is COC(=O)[C@H](CCSC)NC(=O)c1cc(CC=C[C@H](CSC)NC(=O)C(F)(F)F)ccc1C(C)C. The van der Waals surface area contributed by atoms with Crippen LogP contribution in [-0.4, -0.2) is 67.2 Å². The van der Waals surface area contributed by atoms with Crippen molar-refractivity contribution < 1.29 is 32.3 Å². The van der Waals surface area contributed by atoms with E-state index in [1.165, 1.54) is 24.9 Å². The van der Waals surface area contributed by atoms with Crippen molar-refractivity contribution >= 4 is 41.3 Å². The highest BCUT2D eigenvalue weighted by Gasteiger charge is 2.39. The summed E-state index contributed by atoms with van der Waals surface area (Å²) in [5.41, 5.74) is 2.00. The molecule has 0 radical (unpaired) electrons. The van der Waals surface area contributed by atoms with Gasteiger partial charge in [-0.15, -0.1) is 0 Å². The third-order valence-corrected chi connectivity index (χ3v) is 6.36. The molecule has 11 heteroatoms. The fourth-order valence-corrected chi connectivity index (χ4v) is 4.26. The summed E-state index contributed by atoms with van der Waals surface area (Å²) in [4.78, 5) is 36.5. The Labute approximate surface area is 213 Å². The number of halogens is 3. The molecule has 35 heavy (non-hydrogen) atoms. The zero-order valence-corrected chi connectivity index (χ0v) is 22.2. The highest BCUT2D eigenvalue weighted by Crippen LogP contribution is 2.22. The standard InChI is InChI=1S/C24H33F3N2O4S2/c1-15(2)18-10-9-16(7-6-8-17(14-35-5)28-23(32)24(25,26)27)13-19(18)21(30)29-20(11-12-34-4)22(31)33-3/h6,8-10,13,15,17,20H,7,11-12,14H2,1-5H3,(H,28,32)(H,29,30)/t17-,20+/m1/s1. The Balaban J connectivity index is 3.07. The Kier molecular flexibility index (Phi) is 13.3. The molecule has 0 fully saturated rings. The molecule has 6 nitrogen and oxygen atoms in total. The predicted molar refractivity (Wildman–Crippen MR) is 136 cm³/mol. The number of benzene rings is 1. The van der Waals surface area contributed by atoms with E-state index >= 15 is 0 Å². The van der Waals surface area contributed by atoms with Crippen molar-refractivity contribution in [2.45, 2.75) is 50.9 Å². The molecule has 0 aliphatic rings. The monoisotopic (exact) mass is 534 g/mol. The number of nitrogens with one attached hydrogen (secondary N) is 2. The van der Waals surface area contributed by atoms with Crippen molar-refractivity contribution in [1.82, 2.24) is 10.6 Å². The number of hydrogen-bond acceptors (Lipinski definition) is 6. The number of thioether (sulfide) groups is 2. The summed E-state index contributed by atoms with van der Waals surface area (Å²) < 4.78 is 42.6. The van der Waals surface area contributed by atoms with E-state index < -0.39 is 36.0 Å². The van der Waals surface area contributed by atoms with Crippen LogP contribution in [0.1, 0.15) is 47.7 Å². The lowest BCUT2D eigenvalue weighted by Gasteiger charge is -2.19. The van der Waals surface area contributed by atoms with E-state index in [0.717, 1.165) is 11.1 Å². The molecule has 2 amide bonds. The predicted octanol–water partition coefficient (Wildman–Crippen LogP) is 4.34. The molecule has 196 valence electrons. The lowest BCUT2D eigenvalue weighted by molar-refractivity contribution is -0.173. The zero-order chi connectivity index (χ0) is 26.6. The second-order valence-electron chi connectivity index (χ2n) is 8.07. The summed E-state index contributed by atoms with van der Waals surface area (Å²) in [5.74, 6) is -1.89. The number of amides is 2. The molecular weight excluding hydrogens is 501 g/mol. The number of carbonyl (C=O) groups is 3. The second-order valence-corrected chi connectivity index (χ2v) is 9.97. The lowest BCUT2D eigenvalue weighted by Crippen LogP contribution is -2.43. The second kappa shape index (κ2) is 15.1. The first-order valence-corrected chi connectivity index (χ1v) is 13.8. The minimum atomic E-state index is -4.95. The van der Waals surface area contributed by atoms with Crippen LogP contribution in [0.25, 0.3) is 0 Å². The first-order valence-electron chi connectivity index (χ1n) is 11.0. The van der Waals surface area contributed by atoms with Gasteiger partial charge in [0.1, 0.15) is 6.04 Å². The van der Waals surface area contributed by atoms with Crippen LogP contribution >= 0.6 is 23.5 Å². The maximum Gasteiger partial charge on any atom is 0.471 e. The van der Waals surface area contributed by atoms with Gasteiger partial charge in [0.2, 0.25) is 0 Å². The molecule has 0 aliphatic carbocycles. The van der Waals surface area contributed by atoms with Crippen molar-refractivity contribution in [1.29, 1.82) is 0 Å². The maximum absolute atomic E-state index is 13.1. The van der Waals surface area contributed by atoms with Crippen molar-refractivity contribution in [2.75, 3.05) is 31.1 Å². The first kappa shape index (κ1) is 30.9. The van der Waals surface area contributed by atoms with E-state index in [-0.39, 0.29) is 11.7 Å². The fourth-order valence-electron chi connectivity index (χ4n) is 3.24. The van der Waals surface area contributed by atoms with Crippen LogP contribution in [0.15, 0.2) is 30.4 Å². The molecule has 0 saturated heterocycles. The average Bonchev–Trinajstić information content (AvgIpc) is 2.80. The molecule has 1 aromatic rings. The minimum absolute atomic E-state index is 0.0478. The van der Waals surface area contributed by atoms with Gasteiger partial charge in [-0.3, -0.25) is 9.59 Å². The molecule has 0 heterocycles. The van der Waals surface area contributed by atoms with Crippen LogP contribution in [0.5, 0.6) is 0 Å². The van der Waals surface area contributed by atoms with Gasteiger partial charge >= 0.3 is 18.1 Å². The van der Waals surface area contributed by atoms with Crippen molar-refractivity contribution in [3.05, 3.63) is 47.0 Å². The molecule has 0 spiro atoms. The van der Waals surface area contributed by atoms with Crippen LogP contribution in [0.4, 0.5) is 13.2 Å². The highest BCUT2D eigenvalue weighted by atomic mass is 32.2. The largest absolute Gasteiger partial charge is 0.471 e. The quantitative estimate of drug-likeness (QED) is 0.289. The molecule has 0 saturated carbocycles. The maximum atomic E-state index is 13.1. The van der Waals surface area contributed by atoms with Gasteiger partial charge < -0.3 is 15.4 Å². The van der Waals surface area contributed by atoms with E-state index in [4.69, 9.17) is 4.74 Å². The van der Waals surface area contributed by atoms with Gasteiger partial charge in [-0.25, -0.2) is 4.79 Å². The first-order chi connectivity index (χ1) is 16.4. The molecular formula is C24H33F3N2O4S2. The molecule has 2 atom stereocenters. The molecule has 1 aromatic carbocycles.